The third-order valence-corrected chi connectivity index (χ3v) is 3.80. The minimum atomic E-state index is -2.89. The van der Waals surface area contributed by atoms with Gasteiger partial charge in [0.25, 0.3) is 0 Å². The van der Waals surface area contributed by atoms with Crippen LogP contribution >= 0.6 is 11.3 Å². The van der Waals surface area contributed by atoms with Crippen LogP contribution in [-0.2, 0) is 13.0 Å². The van der Waals surface area contributed by atoms with Gasteiger partial charge in [0.15, 0.2) is 0 Å². The van der Waals surface area contributed by atoms with Gasteiger partial charge in [0.05, 0.1) is 0 Å². The first-order chi connectivity index (χ1) is 10.6. The molecule has 0 aliphatic carbocycles. The molecule has 4 nitrogen and oxygen atoms in total. The summed E-state index contributed by atoms with van der Waals surface area (Å²) >= 11 is 1.63. The van der Waals surface area contributed by atoms with Gasteiger partial charge in [-0.25, -0.2) is 4.79 Å². The Morgan fingerprint density at radius 1 is 1.18 bits per heavy atom. The van der Waals surface area contributed by atoms with Crippen LogP contribution in [0.25, 0.3) is 0 Å². The van der Waals surface area contributed by atoms with E-state index in [1.54, 1.807) is 29.5 Å². The highest BCUT2D eigenvalue weighted by Crippen LogP contribution is 2.19. The molecular weight excluding hydrogens is 310 g/mol. The second-order valence-electron chi connectivity index (χ2n) is 4.43. The van der Waals surface area contributed by atoms with Crippen LogP contribution in [0.3, 0.4) is 0 Å². The lowest BCUT2D eigenvalue weighted by atomic mass is 10.2. The van der Waals surface area contributed by atoms with Gasteiger partial charge in [-0.05, 0) is 23.9 Å². The molecule has 0 saturated carbocycles. The molecule has 2 N–H and O–H groups in total. The van der Waals surface area contributed by atoms with Gasteiger partial charge in [0.2, 0.25) is 0 Å². The van der Waals surface area contributed by atoms with Crippen LogP contribution in [0.15, 0.2) is 41.8 Å². The van der Waals surface area contributed by atoms with E-state index in [0.29, 0.717) is 12.1 Å². The van der Waals surface area contributed by atoms with Crippen LogP contribution in [0, 0.1) is 0 Å². The molecular formula is C15H16F2N2O2S. The van der Waals surface area contributed by atoms with Crippen LogP contribution < -0.4 is 15.4 Å². The topological polar surface area (TPSA) is 50.4 Å². The average Bonchev–Trinajstić information content (AvgIpc) is 2.99. The lowest BCUT2D eigenvalue weighted by Gasteiger charge is -2.11. The molecule has 7 heteroatoms. The molecule has 118 valence electrons. The standard InChI is InChI=1S/C15H16F2N2O2S/c16-14(17)21-13-6-2-1-4-11(13)10-19-15(20)18-8-7-12-5-3-9-22-12/h1-6,9,14H,7-8,10H2,(H2,18,19,20). The zero-order valence-corrected chi connectivity index (χ0v) is 12.5. The van der Waals surface area contributed by atoms with E-state index in [1.165, 1.54) is 10.9 Å². The summed E-state index contributed by atoms with van der Waals surface area (Å²) in [5, 5.41) is 7.32. The van der Waals surface area contributed by atoms with Crippen molar-refractivity contribution in [3.63, 3.8) is 0 Å². The second kappa shape index (κ2) is 8.33. The zero-order chi connectivity index (χ0) is 15.8. The first-order valence-corrected chi connectivity index (χ1v) is 7.60. The van der Waals surface area contributed by atoms with E-state index in [4.69, 9.17) is 0 Å². The molecule has 22 heavy (non-hydrogen) atoms. The van der Waals surface area contributed by atoms with Crippen molar-refractivity contribution in [1.29, 1.82) is 0 Å². The Hall–Kier alpha value is -2.15. The number of urea groups is 1. The predicted molar refractivity (Wildman–Crippen MR) is 81.3 cm³/mol. The van der Waals surface area contributed by atoms with Gasteiger partial charge < -0.3 is 15.4 Å². The molecule has 1 aromatic heterocycles. The summed E-state index contributed by atoms with van der Waals surface area (Å²) in [6.07, 6.45) is 0.760. The molecule has 0 unspecified atom stereocenters. The summed E-state index contributed by atoms with van der Waals surface area (Å²) in [4.78, 5) is 12.9. The number of amides is 2. The quantitative estimate of drug-likeness (QED) is 0.819. The van der Waals surface area contributed by atoms with E-state index in [-0.39, 0.29) is 18.3 Å². The molecule has 2 rings (SSSR count). The van der Waals surface area contributed by atoms with Gasteiger partial charge in [-0.2, -0.15) is 8.78 Å². The minimum Gasteiger partial charge on any atom is -0.434 e. The van der Waals surface area contributed by atoms with Crippen LogP contribution in [-0.4, -0.2) is 19.2 Å². The Labute approximate surface area is 131 Å². The van der Waals surface area contributed by atoms with Crippen molar-refractivity contribution < 1.29 is 18.3 Å². The fourth-order valence-corrected chi connectivity index (χ4v) is 2.56. The SMILES string of the molecule is O=C(NCCc1cccs1)NCc1ccccc1OC(F)F. The number of thiophene rings is 1. The van der Waals surface area contributed by atoms with Crippen molar-refractivity contribution in [2.24, 2.45) is 0 Å². The molecule has 0 spiro atoms. The van der Waals surface area contributed by atoms with Crippen molar-refractivity contribution in [2.75, 3.05) is 6.54 Å². The maximum Gasteiger partial charge on any atom is 0.387 e. The maximum atomic E-state index is 12.3. The monoisotopic (exact) mass is 326 g/mol. The van der Waals surface area contributed by atoms with E-state index in [0.717, 1.165) is 6.42 Å². The number of rotatable bonds is 7. The smallest absolute Gasteiger partial charge is 0.387 e. The van der Waals surface area contributed by atoms with Crippen molar-refractivity contribution >= 4 is 17.4 Å². The number of alkyl halides is 2. The highest BCUT2D eigenvalue weighted by molar-refractivity contribution is 7.09. The van der Waals surface area contributed by atoms with E-state index < -0.39 is 6.61 Å². The van der Waals surface area contributed by atoms with Gasteiger partial charge in [0.1, 0.15) is 5.75 Å². The van der Waals surface area contributed by atoms with Gasteiger partial charge >= 0.3 is 12.6 Å². The number of hydrogen-bond donors (Lipinski definition) is 2. The number of carbonyl (C=O) groups excluding carboxylic acids is 1. The fourth-order valence-electron chi connectivity index (χ4n) is 1.85. The first kappa shape index (κ1) is 16.2. The molecule has 0 atom stereocenters. The molecule has 0 radical (unpaired) electrons. The van der Waals surface area contributed by atoms with E-state index in [1.807, 2.05) is 17.5 Å². The number of para-hydroxylation sites is 1. The first-order valence-electron chi connectivity index (χ1n) is 6.72. The Morgan fingerprint density at radius 2 is 2.00 bits per heavy atom. The summed E-state index contributed by atoms with van der Waals surface area (Å²) in [5.74, 6) is 0.0661. The van der Waals surface area contributed by atoms with Crippen LogP contribution in [0.1, 0.15) is 10.4 Å². The number of hydrogen-bond acceptors (Lipinski definition) is 3. The van der Waals surface area contributed by atoms with E-state index in [9.17, 15) is 13.6 Å². The van der Waals surface area contributed by atoms with Gasteiger partial charge in [0, 0.05) is 23.5 Å². The molecule has 2 amide bonds. The number of nitrogens with one attached hydrogen (secondary N) is 2. The van der Waals surface area contributed by atoms with Crippen molar-refractivity contribution in [2.45, 2.75) is 19.6 Å². The van der Waals surface area contributed by atoms with Crippen molar-refractivity contribution in [3.8, 4) is 5.75 Å². The molecule has 0 aliphatic rings. The highest BCUT2D eigenvalue weighted by Gasteiger charge is 2.09. The third-order valence-electron chi connectivity index (χ3n) is 2.87. The third kappa shape index (κ3) is 5.33. The van der Waals surface area contributed by atoms with Gasteiger partial charge in [-0.1, -0.05) is 24.3 Å². The molecule has 1 aromatic carbocycles. The molecule has 0 saturated heterocycles. The van der Waals surface area contributed by atoms with Crippen molar-refractivity contribution in [1.82, 2.24) is 10.6 Å². The summed E-state index contributed by atoms with van der Waals surface area (Å²) < 4.78 is 29.0. The predicted octanol–water partition coefficient (Wildman–Crippen LogP) is 3.39. The lowest BCUT2D eigenvalue weighted by Crippen LogP contribution is -2.36. The number of halogens is 2. The van der Waals surface area contributed by atoms with Crippen LogP contribution in [0.5, 0.6) is 5.75 Å². The van der Waals surface area contributed by atoms with Gasteiger partial charge in [-0.3, -0.25) is 0 Å². The number of carbonyl (C=O) groups is 1. The molecule has 1 heterocycles. The summed E-state index contributed by atoms with van der Waals surface area (Å²) in [7, 11) is 0. The Kier molecular flexibility index (Phi) is 6.14. The summed E-state index contributed by atoms with van der Waals surface area (Å²) in [6, 6.07) is 9.99. The fraction of sp³-hybridized carbons (Fsp3) is 0.267. The van der Waals surface area contributed by atoms with Crippen molar-refractivity contribution in [3.05, 3.63) is 52.2 Å². The molecule has 0 fully saturated rings. The summed E-state index contributed by atoms with van der Waals surface area (Å²) in [5.41, 5.74) is 0.496. The normalized spacial score (nSPS) is 10.5. The van der Waals surface area contributed by atoms with Crippen LogP contribution in [0.2, 0.25) is 0 Å². The lowest BCUT2D eigenvalue weighted by molar-refractivity contribution is -0.0504. The second-order valence-corrected chi connectivity index (χ2v) is 5.46. The van der Waals surface area contributed by atoms with Crippen LogP contribution in [0.4, 0.5) is 13.6 Å². The molecule has 2 aromatic rings. The highest BCUT2D eigenvalue weighted by atomic mass is 32.1. The Bertz CT molecular complexity index is 591. The van der Waals surface area contributed by atoms with E-state index >= 15 is 0 Å². The largest absolute Gasteiger partial charge is 0.434 e. The number of ether oxygens (including phenoxy) is 1. The molecule has 0 aliphatic heterocycles. The van der Waals surface area contributed by atoms with E-state index in [2.05, 4.69) is 15.4 Å². The number of benzene rings is 1. The van der Waals surface area contributed by atoms with Gasteiger partial charge in [-0.15, -0.1) is 11.3 Å². The zero-order valence-electron chi connectivity index (χ0n) is 11.7. The average molecular weight is 326 g/mol. The molecule has 0 bridgehead atoms. The minimum absolute atomic E-state index is 0.0661. The Morgan fingerprint density at radius 3 is 2.73 bits per heavy atom. The summed E-state index contributed by atoms with van der Waals surface area (Å²) in [6.45, 7) is -2.25. The Balaban J connectivity index is 1.76. The maximum absolute atomic E-state index is 12.3.